The van der Waals surface area contributed by atoms with Crippen LogP contribution in [0.25, 0.3) is 0 Å². The minimum atomic E-state index is 0.551. The second-order valence-corrected chi connectivity index (χ2v) is 4.18. The summed E-state index contributed by atoms with van der Waals surface area (Å²) in [5, 5.41) is 7.47. The molecule has 0 atom stereocenters. The van der Waals surface area contributed by atoms with Crippen LogP contribution in [0.2, 0.25) is 0 Å². The van der Waals surface area contributed by atoms with Crippen LogP contribution in [0.15, 0.2) is 35.2 Å². The molecule has 0 fully saturated rings. The monoisotopic (exact) mass is 249 g/mol. The van der Waals surface area contributed by atoms with Crippen molar-refractivity contribution in [3.8, 4) is 0 Å². The van der Waals surface area contributed by atoms with Gasteiger partial charge in [-0.1, -0.05) is 0 Å². The molecule has 0 bridgehead atoms. The molecule has 0 aliphatic carbocycles. The Bertz CT molecular complexity index is 437. The fourth-order valence-corrected chi connectivity index (χ4v) is 1.66. The van der Waals surface area contributed by atoms with Gasteiger partial charge in [0.15, 0.2) is 0 Å². The predicted octanol–water partition coefficient (Wildman–Crippen LogP) is 1.71. The Hall–Kier alpha value is -1.59. The lowest BCUT2D eigenvalue weighted by Crippen LogP contribution is -2.16. The van der Waals surface area contributed by atoms with Gasteiger partial charge in [-0.05, 0) is 25.1 Å². The first-order chi connectivity index (χ1) is 8.84. The van der Waals surface area contributed by atoms with E-state index < -0.39 is 0 Å². The molecule has 0 saturated carbocycles. The van der Waals surface area contributed by atoms with E-state index in [9.17, 15) is 0 Å². The van der Waals surface area contributed by atoms with Crippen LogP contribution in [0.1, 0.15) is 17.7 Å². The summed E-state index contributed by atoms with van der Waals surface area (Å²) in [6.07, 6.45) is 6.54. The largest absolute Gasteiger partial charge is 0.467 e. The maximum atomic E-state index is 5.48. The van der Waals surface area contributed by atoms with E-state index in [2.05, 4.69) is 10.4 Å². The molecule has 5 nitrogen and oxygen atoms in total. The molecule has 2 rings (SSSR count). The second kappa shape index (κ2) is 6.98. The Morgan fingerprint density at radius 2 is 2.44 bits per heavy atom. The Kier molecular flexibility index (Phi) is 4.99. The van der Waals surface area contributed by atoms with Gasteiger partial charge in [0.2, 0.25) is 0 Å². The van der Waals surface area contributed by atoms with Crippen LogP contribution in [0.3, 0.4) is 0 Å². The summed E-state index contributed by atoms with van der Waals surface area (Å²) in [4.78, 5) is 0. The van der Waals surface area contributed by atoms with Crippen molar-refractivity contribution >= 4 is 0 Å². The highest BCUT2D eigenvalue weighted by Gasteiger charge is 1.97. The third kappa shape index (κ3) is 4.35. The van der Waals surface area contributed by atoms with E-state index in [1.54, 1.807) is 6.26 Å². The lowest BCUT2D eigenvalue weighted by molar-refractivity contribution is 0.104. The van der Waals surface area contributed by atoms with E-state index >= 15 is 0 Å². The molecule has 18 heavy (non-hydrogen) atoms. The molecular formula is C13H19N3O2. The van der Waals surface area contributed by atoms with E-state index in [-0.39, 0.29) is 0 Å². The highest BCUT2D eigenvalue weighted by molar-refractivity contribution is 5.02. The van der Waals surface area contributed by atoms with Crippen LogP contribution >= 0.6 is 0 Å². The normalized spacial score (nSPS) is 10.9. The van der Waals surface area contributed by atoms with Crippen LogP contribution in [0, 0.1) is 0 Å². The molecule has 0 aliphatic rings. The van der Waals surface area contributed by atoms with Gasteiger partial charge < -0.3 is 14.5 Å². The fraction of sp³-hybridized carbons (Fsp3) is 0.462. The van der Waals surface area contributed by atoms with Crippen molar-refractivity contribution < 1.29 is 9.15 Å². The van der Waals surface area contributed by atoms with Gasteiger partial charge >= 0.3 is 0 Å². The zero-order valence-electron chi connectivity index (χ0n) is 10.6. The zero-order valence-corrected chi connectivity index (χ0v) is 10.6. The number of furan rings is 1. The molecule has 0 aromatic carbocycles. The lowest BCUT2D eigenvalue weighted by atomic mass is 10.3. The molecule has 1 N–H and O–H groups in total. The summed E-state index contributed by atoms with van der Waals surface area (Å²) >= 11 is 0. The van der Waals surface area contributed by atoms with Gasteiger partial charge in [0.1, 0.15) is 12.4 Å². The number of ether oxygens (including phenoxy) is 1. The molecule has 0 aliphatic heterocycles. The summed E-state index contributed by atoms with van der Waals surface area (Å²) in [5.41, 5.74) is 1.20. The highest BCUT2D eigenvalue weighted by Crippen LogP contribution is 2.01. The molecule has 0 unspecified atom stereocenters. The Morgan fingerprint density at radius 3 is 3.17 bits per heavy atom. The number of hydrogen-bond acceptors (Lipinski definition) is 4. The van der Waals surface area contributed by atoms with Crippen molar-refractivity contribution in [3.05, 3.63) is 42.1 Å². The van der Waals surface area contributed by atoms with Gasteiger partial charge in [-0.25, -0.2) is 0 Å². The van der Waals surface area contributed by atoms with E-state index in [0.29, 0.717) is 6.61 Å². The highest BCUT2D eigenvalue weighted by atomic mass is 16.5. The van der Waals surface area contributed by atoms with Crippen LogP contribution in [-0.2, 0) is 24.9 Å². The Morgan fingerprint density at radius 1 is 1.50 bits per heavy atom. The molecule has 98 valence electrons. The summed E-state index contributed by atoms with van der Waals surface area (Å²) in [6.45, 7) is 3.08. The van der Waals surface area contributed by atoms with Gasteiger partial charge in [0.25, 0.3) is 0 Å². The van der Waals surface area contributed by atoms with Gasteiger partial charge in [-0.3, -0.25) is 4.68 Å². The van der Waals surface area contributed by atoms with Crippen LogP contribution in [0.5, 0.6) is 0 Å². The van der Waals surface area contributed by atoms with Crippen molar-refractivity contribution in [1.29, 1.82) is 0 Å². The minimum absolute atomic E-state index is 0.551. The third-order valence-corrected chi connectivity index (χ3v) is 2.55. The summed E-state index contributed by atoms with van der Waals surface area (Å²) in [6, 6.07) is 3.79. The molecule has 0 spiro atoms. The Balaban J connectivity index is 1.46. The van der Waals surface area contributed by atoms with Gasteiger partial charge in [0.05, 0.1) is 12.5 Å². The molecule has 2 heterocycles. The van der Waals surface area contributed by atoms with E-state index in [1.165, 1.54) is 5.56 Å². The molecule has 2 aromatic rings. The van der Waals surface area contributed by atoms with Crippen molar-refractivity contribution in [2.45, 2.75) is 19.6 Å². The molecule has 0 saturated heterocycles. The van der Waals surface area contributed by atoms with Crippen LogP contribution in [0.4, 0.5) is 0 Å². The average molecular weight is 249 g/mol. The SMILES string of the molecule is Cn1cc(CNCCCOCc2ccco2)cn1. The standard InChI is InChI=1S/C13H19N3O2/c1-16-10-12(9-15-16)8-14-5-3-6-17-11-13-4-2-7-18-13/h2,4,7,9-10,14H,3,5-6,8,11H2,1H3. The first-order valence-corrected chi connectivity index (χ1v) is 6.13. The summed E-state index contributed by atoms with van der Waals surface area (Å²) < 4.78 is 12.5. The quantitative estimate of drug-likeness (QED) is 0.724. The maximum absolute atomic E-state index is 5.48. The number of hydrogen-bond donors (Lipinski definition) is 1. The Labute approximate surface area is 107 Å². The second-order valence-electron chi connectivity index (χ2n) is 4.18. The number of nitrogens with zero attached hydrogens (tertiary/aromatic N) is 2. The number of rotatable bonds is 8. The van der Waals surface area contributed by atoms with E-state index in [0.717, 1.165) is 31.9 Å². The summed E-state index contributed by atoms with van der Waals surface area (Å²) in [5.74, 6) is 0.873. The third-order valence-electron chi connectivity index (χ3n) is 2.55. The van der Waals surface area contributed by atoms with Crippen molar-refractivity contribution in [2.75, 3.05) is 13.2 Å². The average Bonchev–Trinajstić information content (AvgIpc) is 3.00. The molecular weight excluding hydrogens is 230 g/mol. The van der Waals surface area contributed by atoms with Crippen LogP contribution in [-0.4, -0.2) is 22.9 Å². The molecule has 0 amide bonds. The first kappa shape index (κ1) is 12.9. The van der Waals surface area contributed by atoms with Crippen molar-refractivity contribution in [3.63, 3.8) is 0 Å². The van der Waals surface area contributed by atoms with Crippen molar-refractivity contribution in [1.82, 2.24) is 15.1 Å². The van der Waals surface area contributed by atoms with E-state index in [1.807, 2.05) is 36.3 Å². The lowest BCUT2D eigenvalue weighted by Gasteiger charge is -2.03. The minimum Gasteiger partial charge on any atom is -0.467 e. The number of aryl methyl sites for hydroxylation is 1. The predicted molar refractivity (Wildman–Crippen MR) is 67.9 cm³/mol. The zero-order chi connectivity index (χ0) is 12.6. The molecule has 5 heteroatoms. The first-order valence-electron chi connectivity index (χ1n) is 6.13. The van der Waals surface area contributed by atoms with Crippen LogP contribution < -0.4 is 5.32 Å². The van der Waals surface area contributed by atoms with E-state index in [4.69, 9.17) is 9.15 Å². The molecule has 2 aromatic heterocycles. The van der Waals surface area contributed by atoms with Gasteiger partial charge in [0, 0.05) is 32.0 Å². The smallest absolute Gasteiger partial charge is 0.129 e. The van der Waals surface area contributed by atoms with Gasteiger partial charge in [-0.15, -0.1) is 0 Å². The number of aromatic nitrogens is 2. The molecule has 0 radical (unpaired) electrons. The maximum Gasteiger partial charge on any atom is 0.129 e. The topological polar surface area (TPSA) is 52.2 Å². The fourth-order valence-electron chi connectivity index (χ4n) is 1.66. The van der Waals surface area contributed by atoms with Gasteiger partial charge in [-0.2, -0.15) is 5.10 Å². The summed E-state index contributed by atoms with van der Waals surface area (Å²) in [7, 11) is 1.92. The number of nitrogens with one attached hydrogen (secondary N) is 1. The van der Waals surface area contributed by atoms with Crippen molar-refractivity contribution in [2.24, 2.45) is 7.05 Å².